The Morgan fingerprint density at radius 1 is 0.562 bits per heavy atom. The van der Waals surface area contributed by atoms with Gasteiger partial charge >= 0.3 is 0 Å². The lowest BCUT2D eigenvalue weighted by atomic mass is 10.1. The molecule has 3 heterocycles. The minimum Gasteiger partial charge on any atom is -0.353 e. The number of hydrogen-bond donors (Lipinski definition) is 1. The van der Waals surface area contributed by atoms with Crippen LogP contribution in [0.2, 0.25) is 0 Å². The molecule has 0 saturated heterocycles. The first kappa shape index (κ1) is 17.3. The zero-order valence-electron chi connectivity index (χ0n) is 17.3. The van der Waals surface area contributed by atoms with Gasteiger partial charge in [0.2, 0.25) is 0 Å². The Balaban J connectivity index is 1.57. The maximum atomic E-state index is 4.71. The van der Waals surface area contributed by atoms with Gasteiger partial charge in [-0.05, 0) is 36.4 Å². The van der Waals surface area contributed by atoms with Crippen LogP contribution >= 0.6 is 0 Å². The van der Waals surface area contributed by atoms with Crippen molar-refractivity contribution < 1.29 is 0 Å². The third-order valence-electron chi connectivity index (χ3n) is 6.36. The summed E-state index contributed by atoms with van der Waals surface area (Å²) in [6.07, 6.45) is 1.95. The minimum atomic E-state index is 0.991. The maximum absolute atomic E-state index is 4.71. The van der Waals surface area contributed by atoms with Crippen LogP contribution < -0.4 is 0 Å². The van der Waals surface area contributed by atoms with Crippen molar-refractivity contribution in [2.75, 3.05) is 0 Å². The van der Waals surface area contributed by atoms with E-state index in [0.29, 0.717) is 0 Å². The van der Waals surface area contributed by atoms with Crippen LogP contribution in [0.1, 0.15) is 0 Å². The summed E-state index contributed by atoms with van der Waals surface area (Å²) in [7, 11) is 0. The molecular weight excluding hydrogens is 390 g/mol. The van der Waals surface area contributed by atoms with Gasteiger partial charge in [0, 0.05) is 38.3 Å². The third-order valence-corrected chi connectivity index (χ3v) is 6.36. The molecule has 0 radical (unpaired) electrons. The lowest BCUT2D eigenvalue weighted by Crippen LogP contribution is -1.92. The summed E-state index contributed by atoms with van der Waals surface area (Å²) in [5.74, 6) is 0. The average Bonchev–Trinajstić information content (AvgIpc) is 3.38. The molecule has 0 bridgehead atoms. The fourth-order valence-electron chi connectivity index (χ4n) is 4.89. The quantitative estimate of drug-likeness (QED) is 0.315. The van der Waals surface area contributed by atoms with Crippen LogP contribution in [0.25, 0.3) is 60.6 Å². The Labute approximate surface area is 184 Å². The van der Waals surface area contributed by atoms with Crippen LogP contribution in [0.4, 0.5) is 0 Å². The summed E-state index contributed by atoms with van der Waals surface area (Å²) in [6.45, 7) is 0. The van der Waals surface area contributed by atoms with E-state index in [-0.39, 0.29) is 0 Å². The molecule has 0 aliphatic carbocycles. The lowest BCUT2D eigenvalue weighted by Gasteiger charge is -2.07. The summed E-state index contributed by atoms with van der Waals surface area (Å²) in [5, 5.41) is 4.95. The van der Waals surface area contributed by atoms with Crippen molar-refractivity contribution in [1.82, 2.24) is 14.5 Å². The van der Waals surface area contributed by atoms with E-state index in [1.807, 2.05) is 12.3 Å². The first-order valence-corrected chi connectivity index (χ1v) is 10.8. The number of para-hydroxylation sites is 2. The van der Waals surface area contributed by atoms with Crippen LogP contribution in [-0.2, 0) is 0 Å². The van der Waals surface area contributed by atoms with Gasteiger partial charge in [-0.2, -0.15) is 0 Å². The Morgan fingerprint density at radius 2 is 1.28 bits per heavy atom. The molecule has 3 nitrogen and oxygen atoms in total. The van der Waals surface area contributed by atoms with E-state index < -0.39 is 0 Å². The highest BCUT2D eigenvalue weighted by molar-refractivity contribution is 6.18. The molecule has 150 valence electrons. The van der Waals surface area contributed by atoms with Crippen molar-refractivity contribution in [3.8, 4) is 16.9 Å². The zero-order chi connectivity index (χ0) is 21.1. The van der Waals surface area contributed by atoms with Crippen LogP contribution in [0, 0.1) is 0 Å². The topological polar surface area (TPSA) is 33.6 Å². The SMILES string of the molecule is c1ccc(-c2cc3c(cn2)[nH]c2cc4c(cc23)c2ccccc2n4-c2ccccc2)cc1. The van der Waals surface area contributed by atoms with Crippen molar-refractivity contribution in [3.63, 3.8) is 0 Å². The van der Waals surface area contributed by atoms with E-state index in [9.17, 15) is 0 Å². The number of benzene rings is 4. The van der Waals surface area contributed by atoms with Gasteiger partial charge < -0.3 is 9.55 Å². The molecule has 3 heteroatoms. The Morgan fingerprint density at radius 3 is 2.12 bits per heavy atom. The van der Waals surface area contributed by atoms with Gasteiger partial charge in [-0.25, -0.2) is 0 Å². The summed E-state index contributed by atoms with van der Waals surface area (Å²) in [5.41, 5.74) is 7.89. The molecule has 0 aliphatic rings. The second-order valence-corrected chi connectivity index (χ2v) is 8.21. The molecular formula is C29H19N3. The van der Waals surface area contributed by atoms with Gasteiger partial charge in [-0.1, -0.05) is 66.7 Å². The smallest absolute Gasteiger partial charge is 0.0709 e. The molecule has 0 saturated carbocycles. The molecule has 0 fully saturated rings. The number of rotatable bonds is 2. The van der Waals surface area contributed by atoms with Gasteiger partial charge in [-0.15, -0.1) is 0 Å². The Bertz CT molecular complexity index is 1760. The van der Waals surface area contributed by atoms with Gasteiger partial charge in [0.25, 0.3) is 0 Å². The highest BCUT2D eigenvalue weighted by Crippen LogP contribution is 2.37. The molecule has 3 aromatic heterocycles. The van der Waals surface area contributed by atoms with Crippen LogP contribution in [0.3, 0.4) is 0 Å². The predicted molar refractivity (Wildman–Crippen MR) is 133 cm³/mol. The normalized spacial score (nSPS) is 11.8. The molecule has 0 unspecified atom stereocenters. The number of nitrogens with zero attached hydrogens (tertiary/aromatic N) is 2. The number of H-pyrrole nitrogens is 1. The van der Waals surface area contributed by atoms with Crippen molar-refractivity contribution in [1.29, 1.82) is 0 Å². The summed E-state index contributed by atoms with van der Waals surface area (Å²) in [4.78, 5) is 8.30. The Kier molecular flexibility index (Phi) is 3.55. The van der Waals surface area contributed by atoms with Crippen LogP contribution in [-0.4, -0.2) is 14.5 Å². The highest BCUT2D eigenvalue weighted by atomic mass is 15.0. The fourth-order valence-corrected chi connectivity index (χ4v) is 4.89. The molecule has 7 rings (SSSR count). The Hall–Kier alpha value is -4.37. The second kappa shape index (κ2) is 6.56. The molecule has 0 spiro atoms. The number of pyridine rings is 1. The number of aromatic amines is 1. The van der Waals surface area contributed by atoms with E-state index in [1.54, 1.807) is 0 Å². The summed E-state index contributed by atoms with van der Waals surface area (Å²) < 4.78 is 2.35. The molecule has 0 atom stereocenters. The van der Waals surface area contributed by atoms with Crippen molar-refractivity contribution in [2.45, 2.75) is 0 Å². The standard InChI is InChI=1S/C29H19N3/c1-3-9-19(10-4-1)25-16-23-22-15-24-21-13-7-8-14-28(21)32(20-11-5-2-6-12-20)29(24)17-26(22)31-27(23)18-30-25/h1-18,31H. The molecule has 32 heavy (non-hydrogen) atoms. The van der Waals surface area contributed by atoms with Crippen LogP contribution in [0.15, 0.2) is 109 Å². The zero-order valence-corrected chi connectivity index (χ0v) is 17.3. The summed E-state index contributed by atoms with van der Waals surface area (Å²) in [6, 6.07) is 36.4. The number of nitrogens with one attached hydrogen (secondary N) is 1. The molecule has 0 amide bonds. The van der Waals surface area contributed by atoms with Crippen LogP contribution in [0.5, 0.6) is 0 Å². The molecule has 4 aromatic carbocycles. The second-order valence-electron chi connectivity index (χ2n) is 8.21. The largest absolute Gasteiger partial charge is 0.353 e. The number of aromatic nitrogens is 3. The predicted octanol–water partition coefficient (Wildman–Crippen LogP) is 7.48. The van der Waals surface area contributed by atoms with Gasteiger partial charge in [0.05, 0.1) is 28.4 Å². The molecule has 7 aromatic rings. The maximum Gasteiger partial charge on any atom is 0.0709 e. The molecule has 1 N–H and O–H groups in total. The van der Waals surface area contributed by atoms with E-state index in [1.165, 1.54) is 38.3 Å². The fraction of sp³-hybridized carbons (Fsp3) is 0. The van der Waals surface area contributed by atoms with E-state index in [0.717, 1.165) is 22.3 Å². The van der Waals surface area contributed by atoms with Gasteiger partial charge in [-0.3, -0.25) is 4.98 Å². The van der Waals surface area contributed by atoms with Crippen molar-refractivity contribution in [3.05, 3.63) is 109 Å². The van der Waals surface area contributed by atoms with E-state index in [4.69, 9.17) is 4.98 Å². The van der Waals surface area contributed by atoms with Gasteiger partial charge in [0.15, 0.2) is 0 Å². The number of fused-ring (bicyclic) bond motifs is 6. The molecule has 0 aliphatic heterocycles. The number of hydrogen-bond acceptors (Lipinski definition) is 1. The first-order valence-electron chi connectivity index (χ1n) is 10.8. The van der Waals surface area contributed by atoms with Crippen molar-refractivity contribution >= 4 is 43.6 Å². The average molecular weight is 409 g/mol. The minimum absolute atomic E-state index is 0.991. The van der Waals surface area contributed by atoms with Gasteiger partial charge in [0.1, 0.15) is 0 Å². The monoisotopic (exact) mass is 409 g/mol. The first-order chi connectivity index (χ1) is 15.9. The third kappa shape index (κ3) is 2.45. The summed E-state index contributed by atoms with van der Waals surface area (Å²) >= 11 is 0. The van der Waals surface area contributed by atoms with E-state index in [2.05, 4.69) is 107 Å². The highest BCUT2D eigenvalue weighted by Gasteiger charge is 2.15. The lowest BCUT2D eigenvalue weighted by molar-refractivity contribution is 1.18. The van der Waals surface area contributed by atoms with E-state index >= 15 is 0 Å². The van der Waals surface area contributed by atoms with Crippen molar-refractivity contribution in [2.24, 2.45) is 0 Å².